The first-order chi connectivity index (χ1) is 10.0. The zero-order valence-corrected chi connectivity index (χ0v) is 12.3. The molecule has 0 aliphatic heterocycles. The number of hydrogen-bond acceptors (Lipinski definition) is 6. The van der Waals surface area contributed by atoms with Crippen molar-refractivity contribution >= 4 is 40.0 Å². The molecule has 0 fully saturated rings. The second-order valence-electron chi connectivity index (χ2n) is 3.98. The zero-order valence-electron chi connectivity index (χ0n) is 10.7. The molecule has 2 amide bonds. The quantitative estimate of drug-likeness (QED) is 0.618. The molecule has 0 spiro atoms. The van der Waals surface area contributed by atoms with E-state index in [1.165, 1.54) is 12.1 Å². The summed E-state index contributed by atoms with van der Waals surface area (Å²) in [6.07, 6.45) is 0.115. The average Bonchev–Trinajstić information content (AvgIpc) is 2.86. The molecular weight excluding hydrogens is 315 g/mol. The second-order valence-corrected chi connectivity index (χ2v) is 6.18. The Morgan fingerprint density at radius 1 is 1.29 bits per heavy atom. The molecule has 0 bridgehead atoms. The van der Waals surface area contributed by atoms with Crippen molar-refractivity contribution in [3.63, 3.8) is 0 Å². The summed E-state index contributed by atoms with van der Waals surface area (Å²) in [5.74, 6) is -0.960. The molecule has 0 saturated carbocycles. The minimum Gasteiger partial charge on any atom is -0.369 e. The Hall–Kier alpha value is -2.00. The van der Waals surface area contributed by atoms with Crippen LogP contribution < -0.4 is 11.1 Å². The number of hydrogen-bond donors (Lipinski definition) is 2. The largest absolute Gasteiger partial charge is 0.369 e. The van der Waals surface area contributed by atoms with Gasteiger partial charge in [-0.2, -0.15) is 0 Å². The van der Waals surface area contributed by atoms with Crippen molar-refractivity contribution in [3.05, 3.63) is 35.6 Å². The molecule has 9 heteroatoms. The fourth-order valence-electron chi connectivity index (χ4n) is 1.40. The van der Waals surface area contributed by atoms with E-state index in [1.807, 2.05) is 0 Å². The van der Waals surface area contributed by atoms with Crippen LogP contribution in [0.15, 0.2) is 28.6 Å². The fraction of sp³-hybridized carbons (Fsp3) is 0.167. The predicted molar refractivity (Wildman–Crippen MR) is 78.6 cm³/mol. The summed E-state index contributed by atoms with van der Waals surface area (Å²) in [4.78, 5) is 22.4. The van der Waals surface area contributed by atoms with Gasteiger partial charge < -0.3 is 11.1 Å². The molecule has 1 aromatic carbocycles. The maximum Gasteiger partial charge on any atom is 0.230 e. The smallest absolute Gasteiger partial charge is 0.230 e. The van der Waals surface area contributed by atoms with Crippen molar-refractivity contribution in [2.45, 2.75) is 10.8 Å². The summed E-state index contributed by atoms with van der Waals surface area (Å²) < 4.78 is 13.3. The normalized spacial score (nSPS) is 10.3. The number of thioether (sulfide) groups is 1. The Labute approximate surface area is 127 Å². The van der Waals surface area contributed by atoms with Gasteiger partial charge in [-0.25, -0.2) is 4.39 Å². The molecule has 0 saturated heterocycles. The molecule has 2 aromatic rings. The first-order valence-corrected chi connectivity index (χ1v) is 7.62. The second kappa shape index (κ2) is 7.14. The number of anilines is 1. The van der Waals surface area contributed by atoms with E-state index < -0.39 is 5.91 Å². The van der Waals surface area contributed by atoms with E-state index >= 15 is 0 Å². The topological polar surface area (TPSA) is 98.0 Å². The first-order valence-electron chi connectivity index (χ1n) is 5.82. The zero-order chi connectivity index (χ0) is 15.2. The molecular formula is C12H11FN4O2S2. The molecule has 0 aliphatic rings. The molecule has 1 aromatic heterocycles. The van der Waals surface area contributed by atoms with Crippen molar-refractivity contribution in [1.29, 1.82) is 0 Å². The third-order valence-corrected chi connectivity index (χ3v) is 4.26. The molecule has 2 rings (SSSR count). The minimum absolute atomic E-state index is 0.109. The third kappa shape index (κ3) is 5.12. The van der Waals surface area contributed by atoms with Gasteiger partial charge in [-0.15, -0.1) is 10.2 Å². The lowest BCUT2D eigenvalue weighted by atomic mass is 10.1. The highest BCUT2D eigenvalue weighted by Crippen LogP contribution is 2.25. The Kier molecular flexibility index (Phi) is 5.23. The van der Waals surface area contributed by atoms with Gasteiger partial charge in [0.2, 0.25) is 16.9 Å². The Morgan fingerprint density at radius 2 is 2.00 bits per heavy atom. The van der Waals surface area contributed by atoms with Gasteiger partial charge in [0, 0.05) is 0 Å². The lowest BCUT2D eigenvalue weighted by Gasteiger charge is -2.01. The third-order valence-electron chi connectivity index (χ3n) is 2.27. The molecule has 0 atom stereocenters. The van der Waals surface area contributed by atoms with Crippen molar-refractivity contribution < 1.29 is 14.0 Å². The van der Waals surface area contributed by atoms with Crippen LogP contribution >= 0.6 is 23.1 Å². The summed E-state index contributed by atoms with van der Waals surface area (Å²) in [6, 6.07) is 5.69. The van der Waals surface area contributed by atoms with E-state index in [0.717, 1.165) is 23.1 Å². The lowest BCUT2D eigenvalue weighted by Crippen LogP contribution is -2.14. The fourth-order valence-corrected chi connectivity index (χ4v) is 2.91. The van der Waals surface area contributed by atoms with E-state index in [0.29, 0.717) is 15.0 Å². The van der Waals surface area contributed by atoms with Gasteiger partial charge in [0.15, 0.2) is 4.34 Å². The van der Waals surface area contributed by atoms with Crippen LogP contribution in [0.4, 0.5) is 9.52 Å². The van der Waals surface area contributed by atoms with Crippen LogP contribution in [-0.4, -0.2) is 27.8 Å². The van der Waals surface area contributed by atoms with E-state index in [1.54, 1.807) is 12.1 Å². The van der Waals surface area contributed by atoms with Crippen LogP contribution in [0.25, 0.3) is 0 Å². The number of carbonyl (C=O) groups is 2. The molecule has 1 heterocycles. The van der Waals surface area contributed by atoms with Gasteiger partial charge in [-0.1, -0.05) is 35.2 Å². The molecule has 3 N–H and O–H groups in total. The maximum atomic E-state index is 12.8. The van der Waals surface area contributed by atoms with Gasteiger partial charge in [0.25, 0.3) is 0 Å². The van der Waals surface area contributed by atoms with Crippen molar-refractivity contribution in [2.75, 3.05) is 11.1 Å². The number of benzene rings is 1. The Balaban J connectivity index is 1.87. The lowest BCUT2D eigenvalue weighted by molar-refractivity contribution is -0.116. The average molecular weight is 326 g/mol. The van der Waals surface area contributed by atoms with E-state index in [2.05, 4.69) is 15.5 Å². The number of nitrogens with one attached hydrogen (secondary N) is 1. The number of primary amides is 1. The Morgan fingerprint density at radius 3 is 2.67 bits per heavy atom. The van der Waals surface area contributed by atoms with E-state index in [-0.39, 0.29) is 23.9 Å². The number of carbonyl (C=O) groups excluding carboxylic acids is 2. The predicted octanol–water partition coefficient (Wildman–Crippen LogP) is 1.44. The summed E-state index contributed by atoms with van der Waals surface area (Å²) in [6.45, 7) is 0. The molecule has 21 heavy (non-hydrogen) atoms. The molecule has 6 nitrogen and oxygen atoms in total. The monoisotopic (exact) mass is 326 g/mol. The Bertz CT molecular complexity index is 645. The van der Waals surface area contributed by atoms with Gasteiger partial charge in [0.1, 0.15) is 5.82 Å². The molecule has 0 unspecified atom stereocenters. The highest BCUT2D eigenvalue weighted by atomic mass is 32.2. The number of amides is 2. The van der Waals surface area contributed by atoms with Crippen molar-refractivity contribution in [3.8, 4) is 0 Å². The number of aromatic nitrogens is 2. The number of nitrogens with zero attached hydrogens (tertiary/aromatic N) is 2. The van der Waals surface area contributed by atoms with Gasteiger partial charge >= 0.3 is 0 Å². The van der Waals surface area contributed by atoms with Crippen LogP contribution in [0.2, 0.25) is 0 Å². The first kappa shape index (κ1) is 15.4. The number of rotatable bonds is 6. The summed E-state index contributed by atoms with van der Waals surface area (Å²) >= 11 is 2.32. The molecule has 0 aliphatic carbocycles. The maximum absolute atomic E-state index is 12.8. The van der Waals surface area contributed by atoms with E-state index in [4.69, 9.17) is 5.73 Å². The van der Waals surface area contributed by atoms with Crippen molar-refractivity contribution in [2.24, 2.45) is 5.73 Å². The van der Waals surface area contributed by atoms with Gasteiger partial charge in [0.05, 0.1) is 12.2 Å². The van der Waals surface area contributed by atoms with Gasteiger partial charge in [-0.05, 0) is 17.7 Å². The van der Waals surface area contributed by atoms with Crippen LogP contribution in [0.3, 0.4) is 0 Å². The molecule has 110 valence electrons. The van der Waals surface area contributed by atoms with E-state index in [9.17, 15) is 14.0 Å². The standard InChI is InChI=1S/C12H11FN4O2S2/c13-8-3-1-7(2-4-8)5-10(19)15-11-16-17-12(21-11)20-6-9(14)18/h1-4H,5-6H2,(H2,14,18)(H,15,16,19). The summed E-state index contributed by atoms with van der Waals surface area (Å²) in [7, 11) is 0. The molecule has 0 radical (unpaired) electrons. The number of halogens is 1. The summed E-state index contributed by atoms with van der Waals surface area (Å²) in [5.41, 5.74) is 5.72. The minimum atomic E-state index is -0.447. The SMILES string of the molecule is NC(=O)CSc1nnc(NC(=O)Cc2ccc(F)cc2)s1. The van der Waals surface area contributed by atoms with Gasteiger partial charge in [-0.3, -0.25) is 9.59 Å². The van der Waals surface area contributed by atoms with Crippen LogP contribution in [0, 0.1) is 5.82 Å². The van der Waals surface area contributed by atoms with Crippen molar-refractivity contribution in [1.82, 2.24) is 10.2 Å². The number of nitrogens with two attached hydrogens (primary N) is 1. The van der Waals surface area contributed by atoms with Crippen LogP contribution in [0.5, 0.6) is 0 Å². The van der Waals surface area contributed by atoms with Crippen LogP contribution in [-0.2, 0) is 16.0 Å². The highest BCUT2D eigenvalue weighted by Gasteiger charge is 2.10. The highest BCUT2D eigenvalue weighted by molar-refractivity contribution is 8.01. The summed E-state index contributed by atoms with van der Waals surface area (Å²) in [5, 5.41) is 10.6. The van der Waals surface area contributed by atoms with Crippen LogP contribution in [0.1, 0.15) is 5.56 Å².